The Balaban J connectivity index is 1.80. The van der Waals surface area contributed by atoms with Crippen molar-refractivity contribution < 1.29 is 9.47 Å². The molecule has 3 aromatic rings. The molecule has 4 rings (SSSR count). The maximum Gasteiger partial charge on any atom is 0.147 e. The van der Waals surface area contributed by atoms with Crippen LogP contribution >= 0.6 is 0 Å². The van der Waals surface area contributed by atoms with Crippen LogP contribution < -0.4 is 14.4 Å². The summed E-state index contributed by atoms with van der Waals surface area (Å²) in [5, 5.41) is 10.2. The third kappa shape index (κ3) is 5.45. The third-order valence-corrected chi connectivity index (χ3v) is 5.49. The van der Waals surface area contributed by atoms with E-state index >= 15 is 0 Å². The van der Waals surface area contributed by atoms with E-state index in [0.29, 0.717) is 23.9 Å². The average Bonchev–Trinajstić information content (AvgIpc) is 3.36. The highest BCUT2D eigenvalue weighted by Crippen LogP contribution is 2.32. The zero-order chi connectivity index (χ0) is 25.5. The molecule has 0 spiro atoms. The largest absolute Gasteiger partial charge is 0.497 e. The first-order valence-electron chi connectivity index (χ1n) is 11.2. The molecule has 0 N–H and O–H groups in total. The van der Waals surface area contributed by atoms with Crippen molar-refractivity contribution in [3.05, 3.63) is 90.1 Å². The summed E-state index contributed by atoms with van der Waals surface area (Å²) >= 11 is 0. The van der Waals surface area contributed by atoms with Gasteiger partial charge in [-0.2, -0.15) is 15.2 Å². The van der Waals surface area contributed by atoms with Gasteiger partial charge in [-0.25, -0.2) is 9.97 Å². The molecule has 0 radical (unpaired) electrons. The number of hydrazone groups is 1. The van der Waals surface area contributed by atoms with Gasteiger partial charge in [0.1, 0.15) is 17.3 Å². The molecule has 0 unspecified atom stereocenters. The van der Waals surface area contributed by atoms with Crippen LogP contribution in [0.4, 0.5) is 5.69 Å². The minimum Gasteiger partial charge on any atom is -0.497 e. The second-order valence-corrected chi connectivity index (χ2v) is 7.79. The van der Waals surface area contributed by atoms with E-state index in [0.717, 1.165) is 28.2 Å². The molecule has 1 aliphatic heterocycles. The van der Waals surface area contributed by atoms with Crippen LogP contribution in [-0.2, 0) is 13.6 Å². The molecular formula is C27H27N7O2. The first-order valence-corrected chi connectivity index (χ1v) is 11.2. The third-order valence-electron chi connectivity index (χ3n) is 5.49. The molecule has 0 atom stereocenters. The van der Waals surface area contributed by atoms with E-state index < -0.39 is 0 Å². The molecule has 0 saturated heterocycles. The number of terminal acetylenes is 1. The van der Waals surface area contributed by atoms with Gasteiger partial charge in [-0.05, 0) is 25.1 Å². The van der Waals surface area contributed by atoms with E-state index in [4.69, 9.17) is 15.9 Å². The molecule has 1 aromatic carbocycles. The van der Waals surface area contributed by atoms with Crippen LogP contribution in [-0.4, -0.2) is 45.2 Å². The molecule has 36 heavy (non-hydrogen) atoms. The fraction of sp³-hybridized carbons (Fsp3) is 0.185. The lowest BCUT2D eigenvalue weighted by molar-refractivity contribution is 0.394. The Morgan fingerprint density at radius 1 is 1.14 bits per heavy atom. The van der Waals surface area contributed by atoms with Gasteiger partial charge in [-0.15, -0.1) is 0 Å². The van der Waals surface area contributed by atoms with Gasteiger partial charge in [0, 0.05) is 72.4 Å². The number of anilines is 1. The summed E-state index contributed by atoms with van der Waals surface area (Å²) in [4.78, 5) is 10.9. The summed E-state index contributed by atoms with van der Waals surface area (Å²) < 4.78 is 12.8. The predicted molar refractivity (Wildman–Crippen MR) is 140 cm³/mol. The van der Waals surface area contributed by atoms with Crippen LogP contribution in [0.25, 0.3) is 5.57 Å². The van der Waals surface area contributed by atoms with Crippen LogP contribution in [0.3, 0.4) is 0 Å². The number of ether oxygens (including phenoxy) is 2. The first kappa shape index (κ1) is 24.3. The molecule has 0 fully saturated rings. The second-order valence-electron chi connectivity index (χ2n) is 7.79. The van der Waals surface area contributed by atoms with Crippen molar-refractivity contribution >= 4 is 17.5 Å². The van der Waals surface area contributed by atoms with Crippen LogP contribution in [0.15, 0.2) is 83.8 Å². The number of aryl methyl sites for hydroxylation is 1. The van der Waals surface area contributed by atoms with Crippen molar-refractivity contribution in [2.45, 2.75) is 13.5 Å². The zero-order valence-electron chi connectivity index (χ0n) is 20.7. The Morgan fingerprint density at radius 3 is 2.44 bits per heavy atom. The van der Waals surface area contributed by atoms with E-state index in [1.54, 1.807) is 49.8 Å². The van der Waals surface area contributed by atoms with Crippen molar-refractivity contribution in [3.63, 3.8) is 0 Å². The van der Waals surface area contributed by atoms with Gasteiger partial charge in [0.15, 0.2) is 0 Å². The van der Waals surface area contributed by atoms with E-state index in [1.165, 1.54) is 5.01 Å². The lowest BCUT2D eigenvalue weighted by Gasteiger charge is -2.27. The standard InChI is InChI=1S/C27H27N7O2/c1-6-22(12-24-11-20(16-31-34(24)7-2)21-17-30-32(3)18-21)33(19-27-28-9-8-10-29-27)23-13-25(35-4)15-26(14-23)36-5/h2,6,8-18H,19H2,1,3-5H3/b22-6+,24-12-. The van der Waals surface area contributed by atoms with Gasteiger partial charge in [-0.1, -0.05) is 12.5 Å². The van der Waals surface area contributed by atoms with Gasteiger partial charge in [0.05, 0.1) is 38.9 Å². The summed E-state index contributed by atoms with van der Waals surface area (Å²) in [6, 6.07) is 10.1. The van der Waals surface area contributed by atoms with E-state index in [1.807, 2.05) is 56.6 Å². The first-order chi connectivity index (χ1) is 17.5. The van der Waals surface area contributed by atoms with Crippen LogP contribution in [0, 0.1) is 12.5 Å². The zero-order valence-corrected chi connectivity index (χ0v) is 20.7. The molecule has 0 saturated carbocycles. The van der Waals surface area contributed by atoms with E-state index in [2.05, 4.69) is 31.1 Å². The number of hydrogen-bond donors (Lipinski definition) is 0. The van der Waals surface area contributed by atoms with Crippen molar-refractivity contribution in [1.82, 2.24) is 24.8 Å². The minimum absolute atomic E-state index is 0.402. The lowest BCUT2D eigenvalue weighted by Crippen LogP contribution is -2.24. The van der Waals surface area contributed by atoms with Gasteiger partial charge >= 0.3 is 0 Å². The molecule has 0 amide bonds. The van der Waals surface area contributed by atoms with Crippen molar-refractivity contribution in [2.75, 3.05) is 19.1 Å². The van der Waals surface area contributed by atoms with Gasteiger partial charge < -0.3 is 14.4 Å². The molecule has 182 valence electrons. The summed E-state index contributed by atoms with van der Waals surface area (Å²) in [5.41, 5.74) is 4.26. The maximum absolute atomic E-state index is 5.78. The quantitative estimate of drug-likeness (QED) is 0.450. The molecule has 9 nitrogen and oxygen atoms in total. The normalized spacial score (nSPS) is 14.4. The average molecular weight is 482 g/mol. The lowest BCUT2D eigenvalue weighted by atomic mass is 10.1. The van der Waals surface area contributed by atoms with Crippen molar-refractivity contribution in [2.24, 2.45) is 12.1 Å². The molecule has 9 heteroatoms. The number of allylic oxidation sites excluding steroid dienone is 4. The van der Waals surface area contributed by atoms with Crippen molar-refractivity contribution in [3.8, 4) is 24.0 Å². The highest BCUT2D eigenvalue weighted by molar-refractivity contribution is 6.11. The second kappa shape index (κ2) is 11.1. The highest BCUT2D eigenvalue weighted by Gasteiger charge is 2.19. The molecule has 0 bridgehead atoms. The summed E-state index contributed by atoms with van der Waals surface area (Å²) in [6.45, 7) is 2.36. The Hall–Kier alpha value is -4.84. The number of benzene rings is 1. The molecular weight excluding hydrogens is 454 g/mol. The topological polar surface area (TPSA) is 80.9 Å². The monoisotopic (exact) mass is 481 g/mol. The molecule has 1 aliphatic rings. The minimum atomic E-state index is 0.402. The van der Waals surface area contributed by atoms with Gasteiger partial charge in [0.2, 0.25) is 0 Å². The Kier molecular flexibility index (Phi) is 7.46. The Labute approximate surface area is 210 Å². The number of aromatic nitrogens is 4. The smallest absolute Gasteiger partial charge is 0.147 e. The van der Waals surface area contributed by atoms with Crippen LogP contribution in [0.1, 0.15) is 18.3 Å². The van der Waals surface area contributed by atoms with Crippen LogP contribution in [0.2, 0.25) is 0 Å². The number of hydrogen-bond acceptors (Lipinski definition) is 8. The fourth-order valence-electron chi connectivity index (χ4n) is 3.68. The number of methoxy groups -OCH3 is 2. The summed E-state index contributed by atoms with van der Waals surface area (Å²) in [5.74, 6) is 1.98. The SMILES string of the molecule is C#CN1N=CC(c2cnn(C)c2)=C/C1=C/C(=C\C)N(Cc1ncccn1)c1cc(OC)cc(OC)c1. The Morgan fingerprint density at radius 2 is 1.86 bits per heavy atom. The summed E-state index contributed by atoms with van der Waals surface area (Å²) in [6.07, 6.45) is 20.6. The van der Waals surface area contributed by atoms with Gasteiger partial charge in [-0.3, -0.25) is 4.68 Å². The predicted octanol–water partition coefficient (Wildman–Crippen LogP) is 4.00. The van der Waals surface area contributed by atoms with Crippen LogP contribution in [0.5, 0.6) is 11.5 Å². The maximum atomic E-state index is 5.78. The molecule has 0 aliphatic carbocycles. The molecule has 3 heterocycles. The number of rotatable bonds is 8. The molecule has 2 aromatic heterocycles. The fourth-order valence-corrected chi connectivity index (χ4v) is 3.68. The number of nitrogens with zero attached hydrogens (tertiary/aromatic N) is 7. The van der Waals surface area contributed by atoms with E-state index in [9.17, 15) is 0 Å². The van der Waals surface area contributed by atoms with Gasteiger partial charge in [0.25, 0.3) is 0 Å². The summed E-state index contributed by atoms with van der Waals surface area (Å²) in [7, 11) is 5.12. The van der Waals surface area contributed by atoms with E-state index in [-0.39, 0.29) is 0 Å². The highest BCUT2D eigenvalue weighted by atomic mass is 16.5. The Bertz CT molecular complexity index is 1360. The van der Waals surface area contributed by atoms with Crippen molar-refractivity contribution in [1.29, 1.82) is 0 Å².